The minimum atomic E-state index is -3.83. The summed E-state index contributed by atoms with van der Waals surface area (Å²) in [7, 11) is -3.83. The molecule has 4 rings (SSSR count). The van der Waals surface area contributed by atoms with E-state index in [1.165, 1.54) is 6.20 Å². The molecular formula is C24H20BrN3O3S. The van der Waals surface area contributed by atoms with Gasteiger partial charge in [0.15, 0.2) is 0 Å². The Morgan fingerprint density at radius 3 is 2.25 bits per heavy atom. The Morgan fingerprint density at radius 1 is 0.906 bits per heavy atom. The van der Waals surface area contributed by atoms with E-state index in [-0.39, 0.29) is 23.2 Å². The van der Waals surface area contributed by atoms with E-state index >= 15 is 0 Å². The lowest BCUT2D eigenvalue weighted by molar-refractivity contribution is 0.294. The molecule has 0 radical (unpaired) electrons. The number of benzene rings is 3. The maximum absolute atomic E-state index is 12.8. The Hall–Kier alpha value is -3.23. The summed E-state index contributed by atoms with van der Waals surface area (Å²) < 4.78 is 34.2. The van der Waals surface area contributed by atoms with Gasteiger partial charge in [-0.05, 0) is 51.7 Å². The van der Waals surface area contributed by atoms with Crippen molar-refractivity contribution in [3.05, 3.63) is 101 Å². The van der Waals surface area contributed by atoms with Gasteiger partial charge in [0.1, 0.15) is 11.2 Å². The van der Waals surface area contributed by atoms with Crippen LogP contribution >= 0.6 is 15.9 Å². The lowest BCUT2D eigenvalue weighted by atomic mass is 10.0. The quantitative estimate of drug-likeness (QED) is 0.350. The van der Waals surface area contributed by atoms with Gasteiger partial charge in [0.05, 0.1) is 11.1 Å². The number of rotatable bonds is 7. The summed E-state index contributed by atoms with van der Waals surface area (Å²) >= 11 is 3.26. The van der Waals surface area contributed by atoms with Crippen LogP contribution in [0.15, 0.2) is 94.6 Å². The molecule has 3 aromatic carbocycles. The first-order valence-electron chi connectivity index (χ1n) is 9.80. The second-order valence-corrected chi connectivity index (χ2v) is 9.61. The minimum absolute atomic E-state index is 0.0229. The lowest BCUT2D eigenvalue weighted by Gasteiger charge is -2.12. The first-order valence-corrected chi connectivity index (χ1v) is 12.1. The molecule has 1 heterocycles. The Bertz CT molecular complexity index is 1310. The lowest BCUT2D eigenvalue weighted by Crippen LogP contribution is -2.15. The number of halogens is 1. The molecular weight excluding hydrogens is 490 g/mol. The highest BCUT2D eigenvalue weighted by Gasteiger charge is 2.19. The summed E-state index contributed by atoms with van der Waals surface area (Å²) in [6.07, 6.45) is 1.41. The van der Waals surface area contributed by atoms with Crippen molar-refractivity contribution in [2.24, 2.45) is 0 Å². The third kappa shape index (κ3) is 5.33. The van der Waals surface area contributed by atoms with Gasteiger partial charge in [-0.1, -0.05) is 72.3 Å². The second-order valence-electron chi connectivity index (χ2n) is 7.12. The van der Waals surface area contributed by atoms with Gasteiger partial charge in [-0.25, -0.2) is 18.4 Å². The third-order valence-electron chi connectivity index (χ3n) is 4.71. The molecule has 0 saturated heterocycles. The van der Waals surface area contributed by atoms with E-state index in [4.69, 9.17) is 4.74 Å². The number of anilines is 1. The molecule has 0 amide bonds. The van der Waals surface area contributed by atoms with Gasteiger partial charge in [0.25, 0.3) is 15.9 Å². The molecule has 0 bridgehead atoms. The molecule has 0 atom stereocenters. The second kappa shape index (κ2) is 9.50. The van der Waals surface area contributed by atoms with Crippen molar-refractivity contribution in [1.82, 2.24) is 9.97 Å². The molecule has 4 aromatic rings. The summed E-state index contributed by atoms with van der Waals surface area (Å²) in [5.74, 6) is 0.108. The van der Waals surface area contributed by atoms with E-state index in [9.17, 15) is 8.42 Å². The molecule has 0 saturated carbocycles. The Balaban J connectivity index is 1.51. The van der Waals surface area contributed by atoms with E-state index in [0.29, 0.717) is 4.60 Å². The van der Waals surface area contributed by atoms with Crippen molar-refractivity contribution < 1.29 is 13.2 Å². The number of aromatic nitrogens is 2. The van der Waals surface area contributed by atoms with Crippen LogP contribution in [0.4, 0.5) is 5.82 Å². The monoisotopic (exact) mass is 509 g/mol. The van der Waals surface area contributed by atoms with Crippen molar-refractivity contribution in [2.75, 3.05) is 4.72 Å². The summed E-state index contributed by atoms with van der Waals surface area (Å²) in [5.41, 5.74) is 4.11. The molecule has 162 valence electrons. The van der Waals surface area contributed by atoms with Crippen LogP contribution in [0.1, 0.15) is 11.1 Å². The molecule has 0 aliphatic heterocycles. The summed E-state index contributed by atoms with van der Waals surface area (Å²) in [6.45, 7) is 2.10. The molecule has 0 aliphatic rings. The van der Waals surface area contributed by atoms with E-state index in [0.717, 1.165) is 22.3 Å². The topological polar surface area (TPSA) is 81.2 Å². The van der Waals surface area contributed by atoms with Gasteiger partial charge < -0.3 is 4.74 Å². The van der Waals surface area contributed by atoms with Gasteiger partial charge in [-0.3, -0.25) is 4.72 Å². The fourth-order valence-corrected chi connectivity index (χ4v) is 4.27. The van der Waals surface area contributed by atoms with Crippen molar-refractivity contribution >= 4 is 31.8 Å². The number of sulfonamides is 1. The SMILES string of the molecule is Cc1ccc(S(=O)(=O)Nc2ncc(Br)nc2OCc2ccc(-c3ccccc3)cc2)cc1. The van der Waals surface area contributed by atoms with Crippen LogP contribution in [0, 0.1) is 6.92 Å². The number of nitrogens with one attached hydrogen (secondary N) is 1. The number of hydrogen-bond acceptors (Lipinski definition) is 5. The third-order valence-corrected chi connectivity index (χ3v) is 6.45. The first-order chi connectivity index (χ1) is 15.4. The molecule has 1 aromatic heterocycles. The van der Waals surface area contributed by atoms with Crippen molar-refractivity contribution in [1.29, 1.82) is 0 Å². The highest BCUT2D eigenvalue weighted by molar-refractivity contribution is 9.10. The van der Waals surface area contributed by atoms with Crippen LogP contribution in [0.5, 0.6) is 5.88 Å². The standard InChI is InChI=1S/C24H20BrN3O3S/c1-17-7-13-21(14-8-17)32(29,30)28-23-24(27-22(25)15-26-23)31-16-18-9-11-20(12-10-18)19-5-3-2-4-6-19/h2-15H,16H2,1H3,(H,26,28). The van der Waals surface area contributed by atoms with Gasteiger partial charge in [-0.2, -0.15) is 0 Å². The average molecular weight is 510 g/mol. The zero-order valence-electron chi connectivity index (χ0n) is 17.2. The van der Waals surface area contributed by atoms with E-state index in [1.807, 2.05) is 49.4 Å². The number of aryl methyl sites for hydroxylation is 1. The highest BCUT2D eigenvalue weighted by atomic mass is 79.9. The molecule has 32 heavy (non-hydrogen) atoms. The predicted octanol–water partition coefficient (Wildman–Crippen LogP) is 5.59. The maximum Gasteiger partial charge on any atom is 0.263 e. The Labute approximate surface area is 195 Å². The van der Waals surface area contributed by atoms with E-state index in [1.54, 1.807) is 24.3 Å². The van der Waals surface area contributed by atoms with Crippen LogP contribution < -0.4 is 9.46 Å². The number of nitrogens with zero attached hydrogens (tertiary/aromatic N) is 2. The number of ether oxygens (including phenoxy) is 1. The summed E-state index contributed by atoms with van der Waals surface area (Å²) in [4.78, 5) is 8.53. The predicted molar refractivity (Wildman–Crippen MR) is 128 cm³/mol. The largest absolute Gasteiger partial charge is 0.470 e. The van der Waals surface area contributed by atoms with Crippen molar-refractivity contribution in [2.45, 2.75) is 18.4 Å². The molecule has 0 fully saturated rings. The normalized spacial score (nSPS) is 11.2. The average Bonchev–Trinajstić information content (AvgIpc) is 2.80. The Kier molecular flexibility index (Phi) is 6.53. The zero-order chi connectivity index (χ0) is 22.6. The number of hydrogen-bond donors (Lipinski definition) is 1. The van der Waals surface area contributed by atoms with Gasteiger partial charge in [0, 0.05) is 0 Å². The van der Waals surface area contributed by atoms with Crippen LogP contribution in [0.3, 0.4) is 0 Å². The van der Waals surface area contributed by atoms with Crippen LogP contribution in [-0.2, 0) is 16.6 Å². The van der Waals surface area contributed by atoms with E-state index < -0.39 is 10.0 Å². The summed E-state index contributed by atoms with van der Waals surface area (Å²) in [6, 6.07) is 24.6. The molecule has 1 N–H and O–H groups in total. The molecule has 6 nitrogen and oxygen atoms in total. The minimum Gasteiger partial charge on any atom is -0.470 e. The summed E-state index contributed by atoms with van der Waals surface area (Å²) in [5, 5.41) is 0. The molecule has 0 unspecified atom stereocenters. The molecule has 0 spiro atoms. The highest BCUT2D eigenvalue weighted by Crippen LogP contribution is 2.26. The fraction of sp³-hybridized carbons (Fsp3) is 0.0833. The first kappa shape index (κ1) is 22.0. The maximum atomic E-state index is 12.8. The fourth-order valence-electron chi connectivity index (χ4n) is 3.00. The molecule has 0 aliphatic carbocycles. The Morgan fingerprint density at radius 2 is 1.56 bits per heavy atom. The van der Waals surface area contributed by atoms with E-state index in [2.05, 4.69) is 42.8 Å². The van der Waals surface area contributed by atoms with Crippen molar-refractivity contribution in [3.8, 4) is 17.0 Å². The van der Waals surface area contributed by atoms with Gasteiger partial charge in [0.2, 0.25) is 5.82 Å². The van der Waals surface area contributed by atoms with Crippen molar-refractivity contribution in [3.63, 3.8) is 0 Å². The van der Waals surface area contributed by atoms with Crippen LogP contribution in [0.2, 0.25) is 0 Å². The van der Waals surface area contributed by atoms with Gasteiger partial charge >= 0.3 is 0 Å². The smallest absolute Gasteiger partial charge is 0.263 e. The molecule has 8 heteroatoms. The zero-order valence-corrected chi connectivity index (χ0v) is 19.6. The van der Waals surface area contributed by atoms with Gasteiger partial charge in [-0.15, -0.1) is 0 Å². The van der Waals surface area contributed by atoms with Crippen LogP contribution in [-0.4, -0.2) is 18.4 Å². The van der Waals surface area contributed by atoms with Crippen LogP contribution in [0.25, 0.3) is 11.1 Å².